The van der Waals surface area contributed by atoms with E-state index in [1.54, 1.807) is 0 Å². The number of anilines is 2. The quantitative estimate of drug-likeness (QED) is 0.517. The molecule has 3 aromatic heterocycles. The molecule has 0 unspecified atom stereocenters. The van der Waals surface area contributed by atoms with Gasteiger partial charge in [-0.1, -0.05) is 0 Å². The molecule has 3 aromatic rings. The maximum Gasteiger partial charge on any atom is 0.351 e. The summed E-state index contributed by atoms with van der Waals surface area (Å²) < 4.78 is 5.16. The Hall–Kier alpha value is -2.98. The van der Waals surface area contributed by atoms with E-state index in [1.165, 1.54) is 11.3 Å². The van der Waals surface area contributed by atoms with E-state index >= 15 is 0 Å². The SMILES string of the molecule is Cc1cc(C)c2c(N)c(C(=O)OCC(=O)Nc3sc4c(c3C(N)=O)CCC4)sc2n1. The number of hydrogen-bond acceptors (Lipinski definition) is 8. The maximum atomic E-state index is 12.5. The van der Waals surface area contributed by atoms with Gasteiger partial charge in [0.25, 0.3) is 11.8 Å². The molecule has 0 spiro atoms. The first-order valence-electron chi connectivity index (χ1n) is 9.33. The molecule has 156 valence electrons. The van der Waals surface area contributed by atoms with Crippen molar-refractivity contribution in [3.05, 3.63) is 38.2 Å². The lowest BCUT2D eigenvalue weighted by Gasteiger charge is -2.07. The Kier molecular flexibility index (Phi) is 5.20. The van der Waals surface area contributed by atoms with Crippen molar-refractivity contribution in [1.29, 1.82) is 0 Å². The molecule has 0 fully saturated rings. The predicted octanol–water partition coefficient (Wildman–Crippen LogP) is 2.94. The van der Waals surface area contributed by atoms with E-state index in [0.29, 0.717) is 21.1 Å². The molecule has 3 heterocycles. The maximum absolute atomic E-state index is 12.5. The third-order valence-electron chi connectivity index (χ3n) is 4.96. The average Bonchev–Trinajstić information content (AvgIpc) is 3.32. The molecular weight excluding hydrogens is 424 g/mol. The minimum absolute atomic E-state index is 0.215. The van der Waals surface area contributed by atoms with Crippen molar-refractivity contribution in [2.75, 3.05) is 17.7 Å². The van der Waals surface area contributed by atoms with Crippen LogP contribution in [-0.4, -0.2) is 29.4 Å². The number of fused-ring (bicyclic) bond motifs is 2. The highest BCUT2D eigenvalue weighted by molar-refractivity contribution is 7.21. The first-order valence-corrected chi connectivity index (χ1v) is 11.0. The molecule has 4 rings (SSSR count). The monoisotopic (exact) mass is 444 g/mol. The van der Waals surface area contributed by atoms with Crippen LogP contribution in [0.15, 0.2) is 6.07 Å². The fraction of sp³-hybridized carbons (Fsp3) is 0.300. The van der Waals surface area contributed by atoms with Crippen LogP contribution in [0.25, 0.3) is 10.2 Å². The van der Waals surface area contributed by atoms with E-state index in [9.17, 15) is 14.4 Å². The Morgan fingerprint density at radius 3 is 2.73 bits per heavy atom. The summed E-state index contributed by atoms with van der Waals surface area (Å²) in [6, 6.07) is 1.89. The van der Waals surface area contributed by atoms with Gasteiger partial charge < -0.3 is 21.5 Å². The minimum atomic E-state index is -0.688. The Balaban J connectivity index is 1.47. The summed E-state index contributed by atoms with van der Waals surface area (Å²) in [6.07, 6.45) is 2.61. The van der Waals surface area contributed by atoms with Crippen LogP contribution in [0.2, 0.25) is 0 Å². The number of nitrogens with zero attached hydrogens (tertiary/aromatic N) is 1. The number of nitrogen functional groups attached to an aromatic ring is 1. The summed E-state index contributed by atoms with van der Waals surface area (Å²) in [6.45, 7) is 3.27. The highest BCUT2D eigenvalue weighted by atomic mass is 32.1. The van der Waals surface area contributed by atoms with Crippen LogP contribution >= 0.6 is 22.7 Å². The van der Waals surface area contributed by atoms with Crippen LogP contribution in [0.3, 0.4) is 0 Å². The molecule has 10 heteroatoms. The summed E-state index contributed by atoms with van der Waals surface area (Å²) in [7, 11) is 0. The van der Waals surface area contributed by atoms with E-state index in [0.717, 1.165) is 57.7 Å². The van der Waals surface area contributed by atoms with Crippen molar-refractivity contribution in [2.24, 2.45) is 5.73 Å². The molecule has 1 aliphatic rings. The van der Waals surface area contributed by atoms with E-state index < -0.39 is 24.4 Å². The molecule has 0 bridgehead atoms. The third kappa shape index (κ3) is 3.52. The lowest BCUT2D eigenvalue weighted by Crippen LogP contribution is -2.22. The third-order valence-corrected chi connectivity index (χ3v) is 7.25. The number of thiophene rings is 2. The normalized spacial score (nSPS) is 12.7. The molecule has 0 saturated heterocycles. The van der Waals surface area contributed by atoms with Crippen LogP contribution in [0.4, 0.5) is 10.7 Å². The standard InChI is InChI=1S/C20H20N4O4S2/c1-8-6-9(2)23-18-13(8)15(21)16(30-18)20(27)28-7-12(25)24-19-14(17(22)26)10-4-3-5-11(10)29-19/h6H,3-5,7,21H2,1-2H3,(H2,22,26)(H,24,25). The number of pyridine rings is 1. The van der Waals surface area contributed by atoms with Crippen LogP contribution in [-0.2, 0) is 22.4 Å². The molecular formula is C20H20N4O4S2. The van der Waals surface area contributed by atoms with E-state index in [1.807, 2.05) is 19.9 Å². The Morgan fingerprint density at radius 1 is 1.23 bits per heavy atom. The van der Waals surface area contributed by atoms with Gasteiger partial charge in [-0.15, -0.1) is 22.7 Å². The number of aryl methyl sites for hydroxylation is 3. The van der Waals surface area contributed by atoms with Gasteiger partial charge in [-0.2, -0.15) is 0 Å². The predicted molar refractivity (Wildman–Crippen MR) is 117 cm³/mol. The van der Waals surface area contributed by atoms with Crippen molar-refractivity contribution < 1.29 is 19.1 Å². The van der Waals surface area contributed by atoms with Gasteiger partial charge in [-0.05, 0) is 50.3 Å². The van der Waals surface area contributed by atoms with E-state index in [2.05, 4.69) is 10.3 Å². The van der Waals surface area contributed by atoms with Crippen molar-refractivity contribution in [3.63, 3.8) is 0 Å². The second-order valence-electron chi connectivity index (χ2n) is 7.16. The van der Waals surface area contributed by atoms with Gasteiger partial charge in [0.05, 0.1) is 11.3 Å². The summed E-state index contributed by atoms with van der Waals surface area (Å²) in [5.74, 6) is -1.81. The highest BCUT2D eigenvalue weighted by Crippen LogP contribution is 2.39. The minimum Gasteiger partial charge on any atom is -0.451 e. The topological polar surface area (TPSA) is 137 Å². The van der Waals surface area contributed by atoms with Gasteiger partial charge in [0.1, 0.15) is 14.7 Å². The molecule has 1 aliphatic carbocycles. The number of aromatic nitrogens is 1. The molecule has 0 aromatic carbocycles. The van der Waals surface area contributed by atoms with E-state index in [4.69, 9.17) is 16.2 Å². The smallest absolute Gasteiger partial charge is 0.351 e. The van der Waals surface area contributed by atoms with Gasteiger partial charge in [0.2, 0.25) is 0 Å². The van der Waals surface area contributed by atoms with Crippen molar-refractivity contribution in [2.45, 2.75) is 33.1 Å². The number of carbonyl (C=O) groups excluding carboxylic acids is 3. The van der Waals surface area contributed by atoms with Crippen molar-refractivity contribution >= 4 is 61.4 Å². The second-order valence-corrected chi connectivity index (χ2v) is 9.26. The van der Waals surface area contributed by atoms with Gasteiger partial charge >= 0.3 is 5.97 Å². The van der Waals surface area contributed by atoms with Crippen LogP contribution in [0, 0.1) is 13.8 Å². The number of hydrogen-bond donors (Lipinski definition) is 3. The fourth-order valence-corrected chi connectivity index (χ4v) is 6.15. The van der Waals surface area contributed by atoms with Gasteiger partial charge in [-0.25, -0.2) is 9.78 Å². The number of nitrogens with two attached hydrogens (primary N) is 2. The first-order chi connectivity index (χ1) is 14.3. The highest BCUT2D eigenvalue weighted by Gasteiger charge is 2.27. The molecule has 0 radical (unpaired) electrons. The number of nitrogens with one attached hydrogen (secondary N) is 1. The summed E-state index contributed by atoms with van der Waals surface area (Å²) in [5, 5.41) is 3.78. The zero-order valence-electron chi connectivity index (χ0n) is 16.5. The second kappa shape index (κ2) is 7.69. The Labute approximate surface area is 180 Å². The van der Waals surface area contributed by atoms with Crippen LogP contribution in [0.5, 0.6) is 0 Å². The van der Waals surface area contributed by atoms with Gasteiger partial charge in [-0.3, -0.25) is 9.59 Å². The molecule has 2 amide bonds. The lowest BCUT2D eigenvalue weighted by molar-refractivity contribution is -0.119. The average molecular weight is 445 g/mol. The Bertz CT molecular complexity index is 1210. The summed E-state index contributed by atoms with van der Waals surface area (Å²) in [4.78, 5) is 43.0. The van der Waals surface area contributed by atoms with Crippen LogP contribution < -0.4 is 16.8 Å². The van der Waals surface area contributed by atoms with Crippen molar-refractivity contribution in [3.8, 4) is 0 Å². The zero-order chi connectivity index (χ0) is 21.6. The lowest BCUT2D eigenvalue weighted by atomic mass is 10.1. The molecule has 0 aliphatic heterocycles. The molecule has 30 heavy (non-hydrogen) atoms. The largest absolute Gasteiger partial charge is 0.451 e. The Morgan fingerprint density at radius 2 is 2.00 bits per heavy atom. The first kappa shape index (κ1) is 20.3. The molecule has 8 nitrogen and oxygen atoms in total. The summed E-state index contributed by atoms with van der Waals surface area (Å²) in [5.41, 5.74) is 15.0. The molecule has 0 saturated carbocycles. The van der Waals surface area contributed by atoms with Crippen LogP contribution in [0.1, 0.15) is 48.1 Å². The number of primary amides is 1. The molecule has 5 N–H and O–H groups in total. The van der Waals surface area contributed by atoms with Gasteiger partial charge in [0.15, 0.2) is 6.61 Å². The molecule has 0 atom stereocenters. The number of carbonyl (C=O) groups is 3. The van der Waals surface area contributed by atoms with E-state index in [-0.39, 0.29) is 4.88 Å². The fourth-order valence-electron chi connectivity index (χ4n) is 3.73. The number of amides is 2. The van der Waals surface area contributed by atoms with Crippen molar-refractivity contribution in [1.82, 2.24) is 4.98 Å². The number of rotatable bonds is 5. The number of ether oxygens (including phenoxy) is 1. The summed E-state index contributed by atoms with van der Waals surface area (Å²) >= 11 is 2.48. The zero-order valence-corrected chi connectivity index (χ0v) is 18.1. The van der Waals surface area contributed by atoms with Gasteiger partial charge in [0, 0.05) is 16.0 Å². The number of esters is 1.